The zero-order valence-electron chi connectivity index (χ0n) is 9.21. The van der Waals surface area contributed by atoms with E-state index in [0.29, 0.717) is 18.1 Å². The number of aliphatic hydroxyl groups is 1. The third kappa shape index (κ3) is 3.32. The summed E-state index contributed by atoms with van der Waals surface area (Å²) in [6, 6.07) is 0. The molecular weight excluding hydrogens is 214 g/mol. The maximum Gasteiger partial charge on any atom is 0.155 e. The topological polar surface area (TPSA) is 58.0 Å². The van der Waals surface area contributed by atoms with Gasteiger partial charge in [-0.25, -0.2) is 0 Å². The fourth-order valence-electron chi connectivity index (χ4n) is 1.14. The molecular formula is C10H16ClN3O. The first-order chi connectivity index (χ1) is 7.02. The summed E-state index contributed by atoms with van der Waals surface area (Å²) in [6.45, 7) is 6.29. The molecule has 0 saturated carbocycles. The van der Waals surface area contributed by atoms with Gasteiger partial charge in [-0.15, -0.1) is 10.2 Å². The number of hydrogen-bond donors (Lipinski definition) is 2. The van der Waals surface area contributed by atoms with Gasteiger partial charge in [0.25, 0.3) is 0 Å². The Hall–Kier alpha value is -0.870. The Labute approximate surface area is 94.7 Å². The zero-order valence-corrected chi connectivity index (χ0v) is 9.97. The Morgan fingerprint density at radius 3 is 2.60 bits per heavy atom. The van der Waals surface area contributed by atoms with Crippen molar-refractivity contribution in [1.82, 2.24) is 10.2 Å². The highest BCUT2D eigenvalue weighted by atomic mass is 35.5. The van der Waals surface area contributed by atoms with Crippen molar-refractivity contribution in [3.05, 3.63) is 16.3 Å². The van der Waals surface area contributed by atoms with Crippen molar-refractivity contribution in [2.75, 3.05) is 11.9 Å². The molecule has 1 aromatic rings. The molecule has 1 atom stereocenters. The lowest BCUT2D eigenvalue weighted by Crippen LogP contribution is -2.12. The molecule has 0 bridgehead atoms. The molecule has 0 saturated heterocycles. The second kappa shape index (κ2) is 5.28. The second-order valence-electron chi connectivity index (χ2n) is 3.65. The van der Waals surface area contributed by atoms with Crippen molar-refractivity contribution in [1.29, 1.82) is 0 Å². The predicted molar refractivity (Wildman–Crippen MR) is 61.3 cm³/mol. The van der Waals surface area contributed by atoms with E-state index in [1.54, 1.807) is 6.92 Å². The molecule has 0 aliphatic carbocycles. The van der Waals surface area contributed by atoms with Gasteiger partial charge in [-0.3, -0.25) is 0 Å². The molecule has 15 heavy (non-hydrogen) atoms. The molecule has 1 rings (SSSR count). The molecule has 1 aromatic heterocycles. The minimum Gasteiger partial charge on any atom is -0.393 e. The SMILES string of the molecule is Cc1c(Cl)nnc(NCCC(C)O)c1C. The lowest BCUT2D eigenvalue weighted by Gasteiger charge is -2.10. The van der Waals surface area contributed by atoms with Gasteiger partial charge in [-0.05, 0) is 38.3 Å². The molecule has 0 aliphatic rings. The van der Waals surface area contributed by atoms with Crippen molar-refractivity contribution < 1.29 is 5.11 Å². The molecule has 1 unspecified atom stereocenters. The number of halogens is 1. The highest BCUT2D eigenvalue weighted by molar-refractivity contribution is 6.30. The highest BCUT2D eigenvalue weighted by Crippen LogP contribution is 2.20. The summed E-state index contributed by atoms with van der Waals surface area (Å²) in [5.41, 5.74) is 1.94. The predicted octanol–water partition coefficient (Wildman–Crippen LogP) is 1.93. The molecule has 84 valence electrons. The summed E-state index contributed by atoms with van der Waals surface area (Å²) < 4.78 is 0. The van der Waals surface area contributed by atoms with Gasteiger partial charge in [-0.2, -0.15) is 0 Å². The fraction of sp³-hybridized carbons (Fsp3) is 0.600. The van der Waals surface area contributed by atoms with Crippen LogP contribution in [0.1, 0.15) is 24.5 Å². The van der Waals surface area contributed by atoms with Crippen molar-refractivity contribution in [3.63, 3.8) is 0 Å². The molecule has 0 amide bonds. The van der Waals surface area contributed by atoms with E-state index in [2.05, 4.69) is 15.5 Å². The second-order valence-corrected chi connectivity index (χ2v) is 4.01. The first-order valence-corrected chi connectivity index (χ1v) is 5.31. The van der Waals surface area contributed by atoms with Gasteiger partial charge in [0, 0.05) is 6.54 Å². The van der Waals surface area contributed by atoms with Crippen LogP contribution in [-0.2, 0) is 0 Å². The van der Waals surface area contributed by atoms with Crippen molar-refractivity contribution in [3.8, 4) is 0 Å². The van der Waals surface area contributed by atoms with E-state index in [0.717, 1.165) is 16.9 Å². The summed E-state index contributed by atoms with van der Waals surface area (Å²) in [5, 5.41) is 20.4. The molecule has 1 heterocycles. The van der Waals surface area contributed by atoms with Crippen LogP contribution in [0.5, 0.6) is 0 Å². The molecule has 0 spiro atoms. The van der Waals surface area contributed by atoms with E-state index < -0.39 is 0 Å². The first kappa shape index (κ1) is 12.2. The molecule has 0 radical (unpaired) electrons. The Morgan fingerprint density at radius 2 is 2.00 bits per heavy atom. The van der Waals surface area contributed by atoms with Crippen molar-refractivity contribution >= 4 is 17.4 Å². The van der Waals surface area contributed by atoms with Crippen LogP contribution in [0.3, 0.4) is 0 Å². The number of hydrogen-bond acceptors (Lipinski definition) is 4. The summed E-state index contributed by atoms with van der Waals surface area (Å²) in [4.78, 5) is 0. The van der Waals surface area contributed by atoms with E-state index in [9.17, 15) is 0 Å². The van der Waals surface area contributed by atoms with Gasteiger partial charge >= 0.3 is 0 Å². The van der Waals surface area contributed by atoms with Crippen LogP contribution in [-0.4, -0.2) is 28.0 Å². The minimum atomic E-state index is -0.306. The van der Waals surface area contributed by atoms with Crippen LogP contribution in [0.2, 0.25) is 5.15 Å². The first-order valence-electron chi connectivity index (χ1n) is 4.93. The zero-order chi connectivity index (χ0) is 11.4. The number of aromatic nitrogens is 2. The van der Waals surface area contributed by atoms with Crippen LogP contribution in [0.4, 0.5) is 5.82 Å². The van der Waals surface area contributed by atoms with Crippen molar-refractivity contribution in [2.24, 2.45) is 0 Å². The monoisotopic (exact) mass is 229 g/mol. The largest absolute Gasteiger partial charge is 0.393 e. The third-order valence-electron chi connectivity index (χ3n) is 2.32. The summed E-state index contributed by atoms with van der Waals surface area (Å²) >= 11 is 5.83. The normalized spacial score (nSPS) is 12.6. The third-order valence-corrected chi connectivity index (χ3v) is 2.68. The smallest absolute Gasteiger partial charge is 0.155 e. The number of anilines is 1. The summed E-state index contributed by atoms with van der Waals surface area (Å²) in [7, 11) is 0. The maximum absolute atomic E-state index is 9.10. The Kier molecular flexibility index (Phi) is 4.29. The van der Waals surface area contributed by atoms with Crippen LogP contribution in [0.25, 0.3) is 0 Å². The maximum atomic E-state index is 9.10. The number of rotatable bonds is 4. The van der Waals surface area contributed by atoms with Gasteiger partial charge < -0.3 is 10.4 Å². The Morgan fingerprint density at radius 1 is 1.33 bits per heavy atom. The standard InChI is InChI=1S/C10H16ClN3O/c1-6(15)4-5-12-10-8(3)7(2)9(11)13-14-10/h6,15H,4-5H2,1-3H3,(H,12,14). The van der Waals surface area contributed by atoms with Gasteiger partial charge in [0.15, 0.2) is 11.0 Å². The van der Waals surface area contributed by atoms with Crippen LogP contribution >= 0.6 is 11.6 Å². The molecule has 0 aromatic carbocycles. The lowest BCUT2D eigenvalue weighted by molar-refractivity contribution is 0.188. The summed E-state index contributed by atoms with van der Waals surface area (Å²) in [6.07, 6.45) is 0.377. The van der Waals surface area contributed by atoms with E-state index in [-0.39, 0.29) is 6.10 Å². The Balaban J connectivity index is 2.66. The quantitative estimate of drug-likeness (QED) is 0.829. The highest BCUT2D eigenvalue weighted by Gasteiger charge is 2.07. The number of nitrogens with zero attached hydrogens (tertiary/aromatic N) is 2. The number of nitrogens with one attached hydrogen (secondary N) is 1. The average molecular weight is 230 g/mol. The van der Waals surface area contributed by atoms with E-state index >= 15 is 0 Å². The van der Waals surface area contributed by atoms with Gasteiger partial charge in [-0.1, -0.05) is 11.6 Å². The van der Waals surface area contributed by atoms with Crippen LogP contribution in [0, 0.1) is 13.8 Å². The van der Waals surface area contributed by atoms with Crippen molar-refractivity contribution in [2.45, 2.75) is 33.3 Å². The molecule has 2 N–H and O–H groups in total. The molecule has 5 heteroatoms. The molecule has 0 fully saturated rings. The van der Waals surface area contributed by atoms with Gasteiger partial charge in [0.05, 0.1) is 6.10 Å². The van der Waals surface area contributed by atoms with E-state index in [1.807, 2.05) is 13.8 Å². The summed E-state index contributed by atoms with van der Waals surface area (Å²) in [5.74, 6) is 0.734. The van der Waals surface area contributed by atoms with Crippen LogP contribution in [0.15, 0.2) is 0 Å². The fourth-order valence-corrected chi connectivity index (χ4v) is 1.32. The van der Waals surface area contributed by atoms with Crippen LogP contribution < -0.4 is 5.32 Å². The van der Waals surface area contributed by atoms with Gasteiger partial charge in [0.2, 0.25) is 0 Å². The lowest BCUT2D eigenvalue weighted by atomic mass is 10.2. The van der Waals surface area contributed by atoms with E-state index in [4.69, 9.17) is 16.7 Å². The Bertz CT molecular complexity index is 342. The average Bonchev–Trinajstić information content (AvgIpc) is 2.18. The minimum absolute atomic E-state index is 0.306. The molecule has 4 nitrogen and oxygen atoms in total. The van der Waals surface area contributed by atoms with Gasteiger partial charge in [0.1, 0.15) is 0 Å². The molecule has 0 aliphatic heterocycles. The van der Waals surface area contributed by atoms with E-state index in [1.165, 1.54) is 0 Å². The number of aliphatic hydroxyl groups excluding tert-OH is 1.